The molecule has 2 unspecified atom stereocenters. The Morgan fingerprint density at radius 2 is 1.95 bits per heavy atom. The minimum absolute atomic E-state index is 0.559. The molecule has 6 heteroatoms. The van der Waals surface area contributed by atoms with E-state index < -0.39 is 12.3 Å². The summed E-state index contributed by atoms with van der Waals surface area (Å²) in [5.74, 6) is -0.00697. The van der Waals surface area contributed by atoms with Crippen LogP contribution in [0.3, 0.4) is 0 Å². The number of hydrogen-bond donors (Lipinski definition) is 0. The molecule has 19 heavy (non-hydrogen) atoms. The number of rotatable bonds is 8. The third kappa shape index (κ3) is 5.55. The van der Waals surface area contributed by atoms with Crippen molar-refractivity contribution in [1.82, 2.24) is 0 Å². The Hall–Kier alpha value is -1.16. The number of benzene rings is 1. The molecule has 0 aliphatic heterocycles. The molecule has 1 aromatic carbocycles. The zero-order valence-electron chi connectivity index (χ0n) is 11.1. The monoisotopic (exact) mass is 286 g/mol. The van der Waals surface area contributed by atoms with Crippen molar-refractivity contribution in [3.63, 3.8) is 0 Å². The highest BCUT2D eigenvalue weighted by Gasteiger charge is 2.20. The minimum atomic E-state index is -1.04. The highest BCUT2D eigenvalue weighted by molar-refractivity contribution is 7.09. The van der Waals surface area contributed by atoms with E-state index in [9.17, 15) is 4.79 Å². The largest absolute Gasteiger partial charge is 0.464 e. The third-order valence-corrected chi connectivity index (χ3v) is 2.74. The summed E-state index contributed by atoms with van der Waals surface area (Å²) < 4.78 is 19.8. The summed E-state index contributed by atoms with van der Waals surface area (Å²) in [4.78, 5) is 11.3. The number of hydrogen-bond acceptors (Lipinski definition) is 5. The predicted molar refractivity (Wildman–Crippen MR) is 73.9 cm³/mol. The van der Waals surface area contributed by atoms with Crippen LogP contribution in [0.15, 0.2) is 24.3 Å². The fourth-order valence-electron chi connectivity index (χ4n) is 1.51. The fraction of sp³-hybridized carbons (Fsp3) is 0.462. The molecule has 0 fully saturated rings. The van der Waals surface area contributed by atoms with Gasteiger partial charge >= 0.3 is 5.97 Å². The molecule has 0 N–H and O–H groups in total. The Kier molecular flexibility index (Phi) is 7.41. The number of carbonyl (C=O) groups is 1. The van der Waals surface area contributed by atoms with Crippen molar-refractivity contribution in [3.8, 4) is 5.75 Å². The van der Waals surface area contributed by atoms with Gasteiger partial charge in [0.05, 0.1) is 13.7 Å². The van der Waals surface area contributed by atoms with Gasteiger partial charge in [0, 0.05) is 16.6 Å². The number of aryl methyl sites for hydroxylation is 1. The van der Waals surface area contributed by atoms with Gasteiger partial charge in [-0.25, -0.2) is 4.79 Å². The van der Waals surface area contributed by atoms with Gasteiger partial charge < -0.3 is 18.7 Å². The Bertz CT molecular complexity index is 379. The van der Waals surface area contributed by atoms with Crippen LogP contribution in [0.1, 0.15) is 12.0 Å². The average Bonchev–Trinajstić information content (AvgIpc) is 2.45. The molecule has 1 rings (SSSR count). The normalized spacial score (nSPS) is 11.9. The van der Waals surface area contributed by atoms with E-state index in [4.69, 9.17) is 14.0 Å². The van der Waals surface area contributed by atoms with Crippen molar-refractivity contribution in [2.24, 2.45) is 0 Å². The molecular weight excluding hydrogens is 267 g/mol. The summed E-state index contributed by atoms with van der Waals surface area (Å²) in [6.07, 6.45) is 0.840. The Morgan fingerprint density at radius 3 is 2.47 bits per heavy atom. The van der Waals surface area contributed by atoms with E-state index in [0.29, 0.717) is 12.4 Å². The summed E-state index contributed by atoms with van der Waals surface area (Å²) in [5.41, 5.74) is 1.18. The maximum Gasteiger partial charge on any atom is 0.376 e. The van der Waals surface area contributed by atoms with Gasteiger partial charge in [0.15, 0.2) is 0 Å². The first-order valence-corrected chi connectivity index (χ1v) is 6.36. The Labute approximate surface area is 115 Å². The molecule has 1 aromatic rings. The first kappa shape index (κ1) is 15.9. The topological polar surface area (TPSA) is 54.0 Å². The van der Waals surface area contributed by atoms with Gasteiger partial charge in [-0.1, -0.05) is 12.1 Å². The maximum atomic E-state index is 11.3. The maximum absolute atomic E-state index is 11.3. The van der Waals surface area contributed by atoms with Crippen molar-refractivity contribution in [1.29, 1.82) is 0 Å². The zero-order valence-corrected chi connectivity index (χ0v) is 12.3. The minimum Gasteiger partial charge on any atom is -0.464 e. The molecule has 106 valence electrons. The molecule has 2 atom stereocenters. The lowest BCUT2D eigenvalue weighted by Crippen LogP contribution is -2.30. The third-order valence-electron chi connectivity index (χ3n) is 2.50. The van der Waals surface area contributed by atoms with Gasteiger partial charge in [0.1, 0.15) is 5.75 Å². The Balaban J connectivity index is 2.53. The molecule has 0 aliphatic carbocycles. The first-order valence-electron chi connectivity index (χ1n) is 5.89. The van der Waals surface area contributed by atoms with Crippen molar-refractivity contribution in [2.45, 2.75) is 19.1 Å². The molecule has 0 amide bonds. The van der Waals surface area contributed by atoms with E-state index in [1.54, 1.807) is 12.1 Å². The van der Waals surface area contributed by atoms with Crippen LogP contribution in [0.25, 0.3) is 0 Å². The van der Waals surface area contributed by atoms with Crippen molar-refractivity contribution >= 4 is 15.4 Å². The van der Waals surface area contributed by atoms with Gasteiger partial charge in [-0.2, -0.15) is 0 Å². The van der Waals surface area contributed by atoms with Crippen LogP contribution < -0.4 is 4.74 Å². The second-order valence-corrected chi connectivity index (χ2v) is 4.16. The molecule has 0 heterocycles. The van der Waals surface area contributed by atoms with Crippen molar-refractivity contribution in [2.75, 3.05) is 20.8 Å². The second kappa shape index (κ2) is 8.86. The quantitative estimate of drug-likeness (QED) is 0.316. The summed E-state index contributed by atoms with van der Waals surface area (Å²) in [7, 11) is 4.91. The van der Waals surface area contributed by atoms with Crippen LogP contribution >= 0.6 is 9.47 Å². The smallest absolute Gasteiger partial charge is 0.376 e. The molecule has 0 aliphatic rings. The van der Waals surface area contributed by atoms with Gasteiger partial charge in [0.25, 0.3) is 6.29 Å². The summed E-state index contributed by atoms with van der Waals surface area (Å²) in [6.45, 7) is 0.705. The molecule has 5 nitrogen and oxygen atoms in total. The second-order valence-electron chi connectivity index (χ2n) is 3.83. The average molecular weight is 286 g/mol. The first-order chi connectivity index (χ1) is 9.21. The summed E-state index contributed by atoms with van der Waals surface area (Å²) in [6, 6.07) is 7.49. The van der Waals surface area contributed by atoms with E-state index >= 15 is 0 Å². The molecule has 0 aromatic heterocycles. The summed E-state index contributed by atoms with van der Waals surface area (Å²) >= 11 is 0. The van der Waals surface area contributed by atoms with Crippen LogP contribution in [0.2, 0.25) is 0 Å². The molecule has 0 saturated heterocycles. The number of ether oxygens (including phenoxy) is 3. The van der Waals surface area contributed by atoms with E-state index in [1.807, 2.05) is 12.1 Å². The SMILES string of the molecule is COC(=O)C(OC)Oc1ccc(CCCOP)cc1. The number of esters is 1. The predicted octanol–water partition coefficient (Wildman–Crippen LogP) is 1.95. The fourth-order valence-corrected chi connectivity index (χ4v) is 1.67. The van der Waals surface area contributed by atoms with Crippen LogP contribution in [0.4, 0.5) is 0 Å². The zero-order chi connectivity index (χ0) is 14.1. The molecule has 0 bridgehead atoms. The van der Waals surface area contributed by atoms with Crippen LogP contribution in [-0.2, 0) is 25.2 Å². The number of carbonyl (C=O) groups excluding carboxylic acids is 1. The number of methoxy groups -OCH3 is 2. The van der Waals surface area contributed by atoms with Gasteiger partial charge in [-0.15, -0.1) is 0 Å². The highest BCUT2D eigenvalue weighted by Crippen LogP contribution is 2.15. The van der Waals surface area contributed by atoms with E-state index in [1.165, 1.54) is 19.8 Å². The molecule has 0 spiro atoms. The summed E-state index contributed by atoms with van der Waals surface area (Å²) in [5, 5.41) is 0. The van der Waals surface area contributed by atoms with Gasteiger partial charge in [-0.05, 0) is 30.5 Å². The van der Waals surface area contributed by atoms with E-state index in [2.05, 4.69) is 14.2 Å². The highest BCUT2D eigenvalue weighted by atomic mass is 31.0. The van der Waals surface area contributed by atoms with Crippen LogP contribution in [0.5, 0.6) is 5.75 Å². The van der Waals surface area contributed by atoms with Gasteiger partial charge in [0.2, 0.25) is 0 Å². The lowest BCUT2D eigenvalue weighted by molar-refractivity contribution is -0.170. The molecular formula is C13H19O5P. The van der Waals surface area contributed by atoms with Crippen LogP contribution in [0, 0.1) is 0 Å². The van der Waals surface area contributed by atoms with Gasteiger partial charge in [-0.3, -0.25) is 0 Å². The Morgan fingerprint density at radius 1 is 1.26 bits per heavy atom. The van der Waals surface area contributed by atoms with Crippen molar-refractivity contribution in [3.05, 3.63) is 29.8 Å². The lowest BCUT2D eigenvalue weighted by atomic mass is 10.1. The standard InChI is InChI=1S/C13H19O5P/c1-15-12(14)13(16-2)18-11-7-5-10(6-8-11)4-3-9-17-19/h5-8,13H,3-4,9,19H2,1-2H3. The van der Waals surface area contributed by atoms with Crippen LogP contribution in [-0.4, -0.2) is 33.1 Å². The lowest BCUT2D eigenvalue weighted by Gasteiger charge is -2.15. The van der Waals surface area contributed by atoms with E-state index in [-0.39, 0.29) is 0 Å². The van der Waals surface area contributed by atoms with Crippen molar-refractivity contribution < 1.29 is 23.5 Å². The molecule has 0 radical (unpaired) electrons. The molecule has 0 saturated carbocycles. The van der Waals surface area contributed by atoms with E-state index in [0.717, 1.165) is 12.8 Å².